The van der Waals surface area contributed by atoms with E-state index in [1.54, 1.807) is 18.2 Å². The smallest absolute Gasteiger partial charge is 0.274 e. The maximum absolute atomic E-state index is 12.3. The summed E-state index contributed by atoms with van der Waals surface area (Å²) in [6, 6.07) is 8.85. The molecule has 1 amide bonds. The van der Waals surface area contributed by atoms with Gasteiger partial charge in [-0.05, 0) is 59.6 Å². The largest absolute Gasteiger partial charge is 0.370 e. The Labute approximate surface area is 137 Å². The maximum Gasteiger partial charge on any atom is 0.274 e. The van der Waals surface area contributed by atoms with Crippen LogP contribution in [0, 0.1) is 6.92 Å². The molecule has 1 aromatic heterocycles. The molecule has 0 radical (unpaired) electrons. The number of halogens is 2. The summed E-state index contributed by atoms with van der Waals surface area (Å²) in [5.74, 6) is 0.390. The molecule has 0 aliphatic carbocycles. The first kappa shape index (κ1) is 15.8. The summed E-state index contributed by atoms with van der Waals surface area (Å²) in [6.07, 6.45) is 0. The van der Waals surface area contributed by atoms with Crippen LogP contribution < -0.4 is 10.6 Å². The number of carbonyl (C=O) groups excluding carboxylic acids is 1. The summed E-state index contributed by atoms with van der Waals surface area (Å²) in [7, 11) is 0. The lowest BCUT2D eigenvalue weighted by molar-refractivity contribution is 0.102. The highest BCUT2D eigenvalue weighted by molar-refractivity contribution is 9.10. The number of nitrogens with zero attached hydrogens (tertiary/aromatic N) is 1. The Bertz CT molecular complexity index is 676. The van der Waals surface area contributed by atoms with Crippen LogP contribution in [-0.4, -0.2) is 17.4 Å². The molecule has 0 fully saturated rings. The Balaban J connectivity index is 2.22. The first-order valence-corrected chi connectivity index (χ1v) is 7.66. The highest BCUT2D eigenvalue weighted by Crippen LogP contribution is 2.29. The van der Waals surface area contributed by atoms with Gasteiger partial charge in [0.1, 0.15) is 11.5 Å². The van der Waals surface area contributed by atoms with Crippen LogP contribution in [0.2, 0.25) is 5.02 Å². The number of hydrogen-bond acceptors (Lipinski definition) is 3. The quantitative estimate of drug-likeness (QED) is 0.836. The van der Waals surface area contributed by atoms with Crippen LogP contribution in [0.25, 0.3) is 0 Å². The van der Waals surface area contributed by atoms with Crippen molar-refractivity contribution >= 4 is 44.9 Å². The second-order valence-corrected chi connectivity index (χ2v) is 5.74. The molecule has 0 bridgehead atoms. The molecule has 110 valence electrons. The molecule has 21 heavy (non-hydrogen) atoms. The molecule has 1 heterocycles. The van der Waals surface area contributed by atoms with Crippen molar-refractivity contribution in [3.63, 3.8) is 0 Å². The van der Waals surface area contributed by atoms with Gasteiger partial charge in [0.25, 0.3) is 5.91 Å². The maximum atomic E-state index is 12.3. The van der Waals surface area contributed by atoms with Gasteiger partial charge in [-0.1, -0.05) is 17.7 Å². The van der Waals surface area contributed by atoms with Crippen LogP contribution in [0.4, 0.5) is 11.5 Å². The number of anilines is 2. The third-order valence-corrected chi connectivity index (χ3v) is 3.90. The number of pyridine rings is 1. The summed E-state index contributed by atoms with van der Waals surface area (Å²) in [4.78, 5) is 16.5. The number of rotatable bonds is 4. The van der Waals surface area contributed by atoms with Crippen LogP contribution >= 0.6 is 27.5 Å². The molecule has 0 unspecified atom stereocenters. The van der Waals surface area contributed by atoms with Crippen molar-refractivity contribution in [2.75, 3.05) is 17.2 Å². The summed E-state index contributed by atoms with van der Waals surface area (Å²) in [6.45, 7) is 4.62. The molecule has 0 spiro atoms. The normalized spacial score (nSPS) is 10.3. The van der Waals surface area contributed by atoms with E-state index in [0.717, 1.165) is 16.6 Å². The van der Waals surface area contributed by atoms with E-state index >= 15 is 0 Å². The Kier molecular flexibility index (Phi) is 5.20. The molecule has 0 aliphatic rings. The van der Waals surface area contributed by atoms with Crippen LogP contribution in [0.5, 0.6) is 0 Å². The van der Waals surface area contributed by atoms with Gasteiger partial charge in [0.05, 0.1) is 5.69 Å². The van der Waals surface area contributed by atoms with Gasteiger partial charge >= 0.3 is 0 Å². The van der Waals surface area contributed by atoms with Crippen molar-refractivity contribution < 1.29 is 4.79 Å². The van der Waals surface area contributed by atoms with Crippen LogP contribution in [0.3, 0.4) is 0 Å². The highest BCUT2D eigenvalue weighted by Gasteiger charge is 2.11. The van der Waals surface area contributed by atoms with Gasteiger partial charge in [0.15, 0.2) is 0 Å². The van der Waals surface area contributed by atoms with Crippen molar-refractivity contribution in [1.29, 1.82) is 0 Å². The van der Waals surface area contributed by atoms with E-state index in [1.165, 1.54) is 0 Å². The van der Waals surface area contributed by atoms with E-state index < -0.39 is 0 Å². The van der Waals surface area contributed by atoms with Crippen LogP contribution in [0.15, 0.2) is 34.8 Å². The van der Waals surface area contributed by atoms with Gasteiger partial charge in [-0.2, -0.15) is 0 Å². The van der Waals surface area contributed by atoms with Crippen LogP contribution in [-0.2, 0) is 0 Å². The Morgan fingerprint density at radius 3 is 2.86 bits per heavy atom. The van der Waals surface area contributed by atoms with Gasteiger partial charge in [-0.25, -0.2) is 4.98 Å². The summed E-state index contributed by atoms with van der Waals surface area (Å²) in [5, 5.41) is 6.48. The summed E-state index contributed by atoms with van der Waals surface area (Å²) >= 11 is 9.50. The minimum Gasteiger partial charge on any atom is -0.370 e. The predicted octanol–water partition coefficient (Wildman–Crippen LogP) is 4.49. The minimum absolute atomic E-state index is 0.282. The fourth-order valence-electron chi connectivity index (χ4n) is 1.77. The van der Waals surface area contributed by atoms with Gasteiger partial charge in [-0.15, -0.1) is 0 Å². The summed E-state index contributed by atoms with van der Waals surface area (Å²) in [5.41, 5.74) is 1.90. The lowest BCUT2D eigenvalue weighted by Crippen LogP contribution is -2.15. The topological polar surface area (TPSA) is 54.0 Å². The average Bonchev–Trinajstić information content (AvgIpc) is 2.45. The Hall–Kier alpha value is -1.59. The Morgan fingerprint density at radius 1 is 1.38 bits per heavy atom. The second-order valence-electron chi connectivity index (χ2n) is 4.47. The van der Waals surface area contributed by atoms with Crippen molar-refractivity contribution in [2.45, 2.75) is 13.8 Å². The first-order valence-electron chi connectivity index (χ1n) is 6.49. The van der Waals surface area contributed by atoms with Crippen molar-refractivity contribution in [1.82, 2.24) is 4.98 Å². The van der Waals surface area contributed by atoms with E-state index in [0.29, 0.717) is 22.2 Å². The van der Waals surface area contributed by atoms with Crippen molar-refractivity contribution in [3.8, 4) is 0 Å². The molecular formula is C15H15BrClN3O. The minimum atomic E-state index is -0.282. The monoisotopic (exact) mass is 367 g/mol. The molecular weight excluding hydrogens is 354 g/mol. The van der Waals surface area contributed by atoms with Crippen LogP contribution in [0.1, 0.15) is 23.0 Å². The lowest BCUT2D eigenvalue weighted by atomic mass is 10.2. The van der Waals surface area contributed by atoms with E-state index in [4.69, 9.17) is 11.6 Å². The third-order valence-electron chi connectivity index (χ3n) is 2.84. The standard InChI is InChI=1S/C15H15BrClN3O/c1-3-18-14-6-4-5-12(19-14)15(21)20-13-8-11(17)9(2)7-10(13)16/h4-8H,3H2,1-2H3,(H,18,19)(H,20,21). The van der Waals surface area contributed by atoms with Gasteiger partial charge in [0, 0.05) is 16.0 Å². The number of aromatic nitrogens is 1. The molecule has 6 heteroatoms. The molecule has 0 aliphatic heterocycles. The zero-order chi connectivity index (χ0) is 15.4. The molecule has 4 nitrogen and oxygen atoms in total. The zero-order valence-electron chi connectivity index (χ0n) is 11.7. The SMILES string of the molecule is CCNc1cccc(C(=O)Nc2cc(Cl)c(C)cc2Br)n1. The average molecular weight is 369 g/mol. The van der Waals surface area contributed by atoms with E-state index in [1.807, 2.05) is 26.0 Å². The lowest BCUT2D eigenvalue weighted by Gasteiger charge is -2.10. The Morgan fingerprint density at radius 2 is 2.14 bits per heavy atom. The highest BCUT2D eigenvalue weighted by atomic mass is 79.9. The van der Waals surface area contributed by atoms with Gasteiger partial charge in [-0.3, -0.25) is 4.79 Å². The number of hydrogen-bond donors (Lipinski definition) is 2. The number of carbonyl (C=O) groups is 1. The molecule has 0 saturated heterocycles. The molecule has 0 saturated carbocycles. The number of benzene rings is 1. The molecule has 0 atom stereocenters. The molecule has 2 rings (SSSR count). The van der Waals surface area contributed by atoms with E-state index in [9.17, 15) is 4.79 Å². The van der Waals surface area contributed by atoms with Gasteiger partial charge < -0.3 is 10.6 Å². The van der Waals surface area contributed by atoms with Crippen molar-refractivity contribution in [3.05, 3.63) is 51.1 Å². The predicted molar refractivity (Wildman–Crippen MR) is 90.2 cm³/mol. The summed E-state index contributed by atoms with van der Waals surface area (Å²) < 4.78 is 0.778. The van der Waals surface area contributed by atoms with E-state index in [2.05, 4.69) is 31.5 Å². The van der Waals surface area contributed by atoms with Gasteiger partial charge in [0.2, 0.25) is 0 Å². The first-order chi connectivity index (χ1) is 10.0. The fourth-order valence-corrected chi connectivity index (χ4v) is 2.49. The zero-order valence-corrected chi connectivity index (χ0v) is 14.0. The molecule has 2 N–H and O–H groups in total. The third kappa shape index (κ3) is 3.95. The molecule has 1 aromatic carbocycles. The molecule has 2 aromatic rings. The second kappa shape index (κ2) is 6.91. The number of aryl methyl sites for hydroxylation is 1. The van der Waals surface area contributed by atoms with E-state index in [-0.39, 0.29) is 5.91 Å². The van der Waals surface area contributed by atoms with Crippen molar-refractivity contribution in [2.24, 2.45) is 0 Å². The number of amides is 1. The fraction of sp³-hybridized carbons (Fsp3) is 0.200. The number of nitrogens with one attached hydrogen (secondary N) is 2.